The fourth-order valence-electron chi connectivity index (χ4n) is 4.18. The van der Waals surface area contributed by atoms with Crippen molar-refractivity contribution in [1.29, 1.82) is 0 Å². The summed E-state index contributed by atoms with van der Waals surface area (Å²) in [5, 5.41) is 0. The molecule has 1 amide bonds. The van der Waals surface area contributed by atoms with Crippen LogP contribution in [0.4, 0.5) is 4.39 Å². The van der Waals surface area contributed by atoms with E-state index >= 15 is 0 Å². The summed E-state index contributed by atoms with van der Waals surface area (Å²) in [5.74, 6) is 0.462. The molecule has 2 aromatic heterocycles. The number of amides is 1. The van der Waals surface area contributed by atoms with Crippen molar-refractivity contribution in [3.8, 4) is 0 Å². The van der Waals surface area contributed by atoms with Crippen LogP contribution in [-0.4, -0.2) is 31.9 Å². The number of pyridine rings is 1. The maximum Gasteiger partial charge on any atom is 0.254 e. The van der Waals surface area contributed by atoms with Crippen LogP contribution in [0.2, 0.25) is 0 Å². The van der Waals surface area contributed by atoms with Gasteiger partial charge in [-0.25, -0.2) is 14.4 Å². The summed E-state index contributed by atoms with van der Waals surface area (Å²) in [6.45, 7) is 3.19. The van der Waals surface area contributed by atoms with Crippen molar-refractivity contribution in [2.75, 3.05) is 6.54 Å². The second-order valence-corrected chi connectivity index (χ2v) is 7.77. The van der Waals surface area contributed by atoms with Gasteiger partial charge in [0, 0.05) is 24.3 Å². The summed E-state index contributed by atoms with van der Waals surface area (Å²) >= 11 is 0. The monoisotopic (exact) mass is 394 g/mol. The molecule has 1 aromatic carbocycles. The summed E-state index contributed by atoms with van der Waals surface area (Å²) in [7, 11) is 0. The molecule has 3 aromatic rings. The van der Waals surface area contributed by atoms with Gasteiger partial charge in [-0.15, -0.1) is 0 Å². The lowest BCUT2D eigenvalue weighted by molar-refractivity contribution is 0.0734. The number of hydrogen-bond donors (Lipinski definition) is 0. The molecule has 152 valence electrons. The Bertz CT molecular complexity index is 976. The average molecular weight is 394 g/mol. The number of rotatable bonds is 7. The summed E-state index contributed by atoms with van der Waals surface area (Å²) in [5.41, 5.74) is 2.28. The van der Waals surface area contributed by atoms with Gasteiger partial charge in [0.25, 0.3) is 5.91 Å². The van der Waals surface area contributed by atoms with E-state index in [2.05, 4.69) is 16.5 Å². The van der Waals surface area contributed by atoms with Gasteiger partial charge in [0.15, 0.2) is 5.65 Å². The van der Waals surface area contributed by atoms with Gasteiger partial charge >= 0.3 is 0 Å². The number of carbonyl (C=O) groups excluding carboxylic acids is 1. The van der Waals surface area contributed by atoms with Crippen molar-refractivity contribution in [2.24, 2.45) is 0 Å². The number of benzene rings is 1. The summed E-state index contributed by atoms with van der Waals surface area (Å²) in [6.07, 6.45) is 8.38. The van der Waals surface area contributed by atoms with Gasteiger partial charge in [-0.3, -0.25) is 4.79 Å². The molecule has 1 saturated carbocycles. The molecule has 5 nitrogen and oxygen atoms in total. The Morgan fingerprint density at radius 3 is 2.69 bits per heavy atom. The third-order valence-corrected chi connectivity index (χ3v) is 5.70. The fourth-order valence-corrected chi connectivity index (χ4v) is 4.18. The predicted molar refractivity (Wildman–Crippen MR) is 111 cm³/mol. The molecule has 0 radical (unpaired) electrons. The van der Waals surface area contributed by atoms with E-state index in [1.807, 2.05) is 17.0 Å². The Hall–Kier alpha value is -2.76. The zero-order valence-electron chi connectivity index (χ0n) is 16.9. The molecule has 0 aliphatic heterocycles. The standard InChI is InChI=1S/C23H27FN4O/c1-2-3-15-27(23(29)17-10-12-18(24)13-11-17)16-21-26-20-9-6-14-25-22(20)28(21)19-7-4-5-8-19/h6,9-14,19H,2-5,7-8,15-16H2,1H3. The fraction of sp³-hybridized carbons (Fsp3) is 0.435. The molecule has 2 heterocycles. The van der Waals surface area contributed by atoms with E-state index in [0.717, 1.165) is 42.7 Å². The lowest BCUT2D eigenvalue weighted by atomic mass is 10.1. The molecule has 29 heavy (non-hydrogen) atoms. The average Bonchev–Trinajstić information content (AvgIpc) is 3.38. The summed E-state index contributed by atoms with van der Waals surface area (Å²) < 4.78 is 15.5. The van der Waals surface area contributed by atoms with E-state index in [0.29, 0.717) is 24.7 Å². The van der Waals surface area contributed by atoms with Crippen molar-refractivity contribution in [3.05, 3.63) is 59.8 Å². The van der Waals surface area contributed by atoms with Gasteiger partial charge in [0.2, 0.25) is 0 Å². The van der Waals surface area contributed by atoms with Crippen molar-refractivity contribution in [3.63, 3.8) is 0 Å². The van der Waals surface area contributed by atoms with Crippen LogP contribution in [0.15, 0.2) is 42.6 Å². The summed E-state index contributed by atoms with van der Waals surface area (Å²) in [6, 6.07) is 10.0. The minimum Gasteiger partial charge on any atom is -0.331 e. The van der Waals surface area contributed by atoms with Crippen LogP contribution in [0.5, 0.6) is 0 Å². The number of imidazole rings is 1. The van der Waals surface area contributed by atoms with Crippen molar-refractivity contribution < 1.29 is 9.18 Å². The Labute approximate surface area is 170 Å². The SMILES string of the molecule is CCCCN(Cc1nc2cccnc2n1C1CCCC1)C(=O)c1ccc(F)cc1. The molecule has 0 atom stereocenters. The topological polar surface area (TPSA) is 51.0 Å². The Kier molecular flexibility index (Phi) is 5.88. The highest BCUT2D eigenvalue weighted by atomic mass is 19.1. The van der Waals surface area contributed by atoms with Crippen LogP contribution < -0.4 is 0 Å². The van der Waals surface area contributed by atoms with Crippen LogP contribution in [0.1, 0.15) is 67.7 Å². The quantitative estimate of drug-likeness (QED) is 0.558. The molecule has 1 aliphatic carbocycles. The molecule has 0 spiro atoms. The predicted octanol–water partition coefficient (Wildman–Crippen LogP) is 5.13. The van der Waals surface area contributed by atoms with Crippen LogP contribution in [0, 0.1) is 5.82 Å². The van der Waals surface area contributed by atoms with Gasteiger partial charge in [-0.2, -0.15) is 0 Å². The minimum absolute atomic E-state index is 0.0866. The molecular weight excluding hydrogens is 367 g/mol. The molecule has 0 N–H and O–H groups in total. The van der Waals surface area contributed by atoms with E-state index in [1.54, 1.807) is 18.3 Å². The first kappa shape index (κ1) is 19.6. The molecule has 1 aliphatic rings. The number of hydrogen-bond acceptors (Lipinski definition) is 3. The van der Waals surface area contributed by atoms with E-state index in [4.69, 9.17) is 4.98 Å². The third kappa shape index (κ3) is 4.16. The lowest BCUT2D eigenvalue weighted by Gasteiger charge is -2.24. The van der Waals surface area contributed by atoms with Crippen LogP contribution >= 0.6 is 0 Å². The van der Waals surface area contributed by atoms with Crippen molar-refractivity contribution in [1.82, 2.24) is 19.4 Å². The Morgan fingerprint density at radius 1 is 1.21 bits per heavy atom. The van der Waals surface area contributed by atoms with Crippen molar-refractivity contribution >= 4 is 17.1 Å². The van der Waals surface area contributed by atoms with Crippen LogP contribution in [0.25, 0.3) is 11.2 Å². The van der Waals surface area contributed by atoms with Gasteiger partial charge in [-0.1, -0.05) is 26.2 Å². The highest BCUT2D eigenvalue weighted by Crippen LogP contribution is 2.33. The number of nitrogens with zero attached hydrogens (tertiary/aromatic N) is 4. The van der Waals surface area contributed by atoms with E-state index in [9.17, 15) is 9.18 Å². The zero-order chi connectivity index (χ0) is 20.2. The minimum atomic E-state index is -0.337. The molecule has 1 fully saturated rings. The van der Waals surface area contributed by atoms with Gasteiger partial charge < -0.3 is 9.47 Å². The Morgan fingerprint density at radius 2 is 1.97 bits per heavy atom. The normalized spacial score (nSPS) is 14.6. The first-order valence-corrected chi connectivity index (χ1v) is 10.5. The maximum absolute atomic E-state index is 13.3. The molecule has 0 bridgehead atoms. The first-order valence-electron chi connectivity index (χ1n) is 10.5. The zero-order valence-corrected chi connectivity index (χ0v) is 16.9. The number of carbonyl (C=O) groups is 1. The number of fused-ring (bicyclic) bond motifs is 1. The highest BCUT2D eigenvalue weighted by Gasteiger charge is 2.25. The number of aromatic nitrogens is 3. The molecule has 0 unspecified atom stereocenters. The van der Waals surface area contributed by atoms with E-state index < -0.39 is 0 Å². The number of unbranched alkanes of at least 4 members (excludes halogenated alkanes) is 1. The first-order chi connectivity index (χ1) is 14.2. The smallest absolute Gasteiger partial charge is 0.254 e. The molecule has 6 heteroatoms. The van der Waals surface area contributed by atoms with E-state index in [-0.39, 0.29) is 11.7 Å². The van der Waals surface area contributed by atoms with Gasteiger partial charge in [0.1, 0.15) is 17.2 Å². The third-order valence-electron chi connectivity index (χ3n) is 5.70. The second-order valence-electron chi connectivity index (χ2n) is 7.77. The van der Waals surface area contributed by atoms with Crippen LogP contribution in [-0.2, 0) is 6.54 Å². The Balaban J connectivity index is 1.68. The largest absolute Gasteiger partial charge is 0.331 e. The van der Waals surface area contributed by atoms with E-state index in [1.165, 1.54) is 25.0 Å². The molecule has 0 saturated heterocycles. The number of halogens is 1. The highest BCUT2D eigenvalue weighted by molar-refractivity contribution is 5.94. The summed E-state index contributed by atoms with van der Waals surface area (Å²) in [4.78, 5) is 24.4. The molecular formula is C23H27FN4O. The lowest BCUT2D eigenvalue weighted by Crippen LogP contribution is -2.33. The van der Waals surface area contributed by atoms with Gasteiger partial charge in [-0.05, 0) is 55.7 Å². The van der Waals surface area contributed by atoms with Crippen molar-refractivity contribution in [2.45, 2.75) is 58.0 Å². The second kappa shape index (κ2) is 8.72. The van der Waals surface area contributed by atoms with Gasteiger partial charge in [0.05, 0.1) is 6.54 Å². The maximum atomic E-state index is 13.3. The molecule has 4 rings (SSSR count). The van der Waals surface area contributed by atoms with Crippen LogP contribution in [0.3, 0.4) is 0 Å².